The Hall–Kier alpha value is -2.70. The summed E-state index contributed by atoms with van der Waals surface area (Å²) < 4.78 is 69.0. The molecule has 2 nitrogen and oxygen atoms in total. The van der Waals surface area contributed by atoms with Gasteiger partial charge in [-0.1, -0.05) is 31.2 Å². The minimum Gasteiger partial charge on any atom is -0.269 e. The number of benzene rings is 1. The summed E-state index contributed by atoms with van der Waals surface area (Å²) in [7, 11) is 0. The molecule has 2 heterocycles. The van der Waals surface area contributed by atoms with Crippen molar-refractivity contribution in [2.75, 3.05) is 6.67 Å². The molecule has 1 aliphatic heterocycles. The quantitative estimate of drug-likeness (QED) is 0.339. The second-order valence-corrected chi connectivity index (χ2v) is 7.56. The smallest absolute Gasteiger partial charge is 0.269 e. The summed E-state index contributed by atoms with van der Waals surface area (Å²) in [6.45, 7) is 2.96. The molecule has 0 amide bonds. The average Bonchev–Trinajstić information content (AvgIpc) is 3.30. The maximum absolute atomic E-state index is 13.7. The van der Waals surface area contributed by atoms with Crippen molar-refractivity contribution in [3.8, 4) is 0 Å². The number of nitrogens with zero attached hydrogens (tertiary/aromatic N) is 2. The standard InChI is InChI=1S/C24H25F5N2/c1-3-5-19(24(27,28)29)13-21(17(4-2)15-25)22-14-23-18(10-11-31(23)30-22)12-16-6-8-20(26)9-7-16/h4-9,13-14,18H,3,10-12,15H2,1-2H3/b17-4-,19-5-,21-13+. The first-order valence-electron chi connectivity index (χ1n) is 10.3. The van der Waals surface area contributed by atoms with Crippen LogP contribution in [0.5, 0.6) is 0 Å². The molecule has 0 saturated heterocycles. The number of aromatic nitrogens is 2. The lowest BCUT2D eigenvalue weighted by atomic mass is 9.94. The Labute approximate surface area is 178 Å². The van der Waals surface area contributed by atoms with Crippen molar-refractivity contribution < 1.29 is 22.0 Å². The monoisotopic (exact) mass is 436 g/mol. The zero-order valence-corrected chi connectivity index (χ0v) is 17.5. The van der Waals surface area contributed by atoms with E-state index in [1.165, 1.54) is 18.2 Å². The fourth-order valence-corrected chi connectivity index (χ4v) is 3.88. The van der Waals surface area contributed by atoms with Gasteiger partial charge in [-0.25, -0.2) is 8.78 Å². The molecule has 3 rings (SSSR count). The summed E-state index contributed by atoms with van der Waals surface area (Å²) >= 11 is 0. The molecule has 1 atom stereocenters. The van der Waals surface area contributed by atoms with E-state index in [9.17, 15) is 22.0 Å². The Morgan fingerprint density at radius 3 is 2.52 bits per heavy atom. The van der Waals surface area contributed by atoms with Crippen LogP contribution in [-0.4, -0.2) is 22.6 Å². The normalized spacial score (nSPS) is 17.9. The molecule has 31 heavy (non-hydrogen) atoms. The van der Waals surface area contributed by atoms with E-state index in [4.69, 9.17) is 0 Å². The van der Waals surface area contributed by atoms with Crippen molar-refractivity contribution in [3.05, 3.63) is 82.5 Å². The van der Waals surface area contributed by atoms with E-state index in [1.54, 1.807) is 36.7 Å². The molecule has 0 radical (unpaired) electrons. The molecule has 0 spiro atoms. The van der Waals surface area contributed by atoms with Crippen molar-refractivity contribution in [2.24, 2.45) is 0 Å². The van der Waals surface area contributed by atoms with Crippen LogP contribution in [0.1, 0.15) is 49.6 Å². The van der Waals surface area contributed by atoms with Crippen molar-refractivity contribution in [2.45, 2.75) is 51.7 Å². The first-order valence-corrected chi connectivity index (χ1v) is 10.3. The van der Waals surface area contributed by atoms with E-state index in [0.29, 0.717) is 18.7 Å². The molecule has 1 aromatic carbocycles. The van der Waals surface area contributed by atoms with Crippen LogP contribution in [0.25, 0.3) is 5.57 Å². The summed E-state index contributed by atoms with van der Waals surface area (Å²) in [5, 5.41) is 4.50. The number of fused-ring (bicyclic) bond motifs is 1. The van der Waals surface area contributed by atoms with Crippen LogP contribution in [0, 0.1) is 5.82 Å². The van der Waals surface area contributed by atoms with Gasteiger partial charge in [0.1, 0.15) is 12.5 Å². The van der Waals surface area contributed by atoms with Crippen LogP contribution in [0.15, 0.2) is 59.7 Å². The summed E-state index contributed by atoms with van der Waals surface area (Å²) in [5.41, 5.74) is 1.70. The van der Waals surface area contributed by atoms with Gasteiger partial charge < -0.3 is 0 Å². The van der Waals surface area contributed by atoms with E-state index >= 15 is 0 Å². The highest BCUT2D eigenvalue weighted by molar-refractivity contribution is 5.79. The third-order valence-corrected chi connectivity index (χ3v) is 5.48. The zero-order chi connectivity index (χ0) is 22.6. The fourth-order valence-electron chi connectivity index (χ4n) is 3.88. The van der Waals surface area contributed by atoms with E-state index in [0.717, 1.165) is 29.8 Å². The van der Waals surface area contributed by atoms with Gasteiger partial charge in [-0.05, 0) is 61.6 Å². The lowest BCUT2D eigenvalue weighted by molar-refractivity contribution is -0.0883. The topological polar surface area (TPSA) is 17.8 Å². The van der Waals surface area contributed by atoms with Gasteiger partial charge in [-0.3, -0.25) is 4.68 Å². The van der Waals surface area contributed by atoms with Crippen LogP contribution in [0.2, 0.25) is 0 Å². The van der Waals surface area contributed by atoms with Crippen LogP contribution < -0.4 is 0 Å². The van der Waals surface area contributed by atoms with Crippen molar-refractivity contribution >= 4 is 5.57 Å². The number of hydrogen-bond acceptors (Lipinski definition) is 1. The number of rotatable bonds is 7. The van der Waals surface area contributed by atoms with Gasteiger partial charge in [0.2, 0.25) is 0 Å². The van der Waals surface area contributed by atoms with E-state index < -0.39 is 18.4 Å². The van der Waals surface area contributed by atoms with Gasteiger partial charge >= 0.3 is 6.18 Å². The third-order valence-electron chi connectivity index (χ3n) is 5.48. The lowest BCUT2D eigenvalue weighted by Crippen LogP contribution is -2.11. The SMILES string of the molecule is C\C=C(CF)/C(=C\C(=C\CC)C(F)(F)F)c1cc2n(n1)CCC2Cc1ccc(F)cc1. The number of aryl methyl sites for hydroxylation is 1. The van der Waals surface area contributed by atoms with Gasteiger partial charge in [0.05, 0.1) is 11.3 Å². The average molecular weight is 436 g/mol. The van der Waals surface area contributed by atoms with Gasteiger partial charge in [-0.2, -0.15) is 18.3 Å². The van der Waals surface area contributed by atoms with Gasteiger partial charge in [0.25, 0.3) is 0 Å². The molecular formula is C24H25F5N2. The lowest BCUT2D eigenvalue weighted by Gasteiger charge is -2.12. The number of alkyl halides is 4. The molecule has 0 saturated carbocycles. The summed E-state index contributed by atoms with van der Waals surface area (Å²) in [5.74, 6) is -0.191. The predicted octanol–water partition coefficient (Wildman–Crippen LogP) is 6.95. The predicted molar refractivity (Wildman–Crippen MR) is 112 cm³/mol. The van der Waals surface area contributed by atoms with Crippen molar-refractivity contribution in [1.29, 1.82) is 0 Å². The Morgan fingerprint density at radius 1 is 1.23 bits per heavy atom. The summed E-state index contributed by atoms with van der Waals surface area (Å²) in [4.78, 5) is 0. The maximum atomic E-state index is 13.7. The number of halogens is 5. The molecule has 1 unspecified atom stereocenters. The molecule has 2 aromatic rings. The van der Waals surface area contributed by atoms with E-state index in [1.807, 2.05) is 0 Å². The van der Waals surface area contributed by atoms with Crippen LogP contribution in [-0.2, 0) is 13.0 Å². The molecule has 7 heteroatoms. The fraction of sp³-hybridized carbons (Fsp3) is 0.375. The Bertz CT molecular complexity index is 994. The van der Waals surface area contributed by atoms with Gasteiger partial charge in [0, 0.05) is 23.7 Å². The second kappa shape index (κ2) is 9.62. The molecule has 1 aliphatic rings. The van der Waals surface area contributed by atoms with Crippen LogP contribution >= 0.6 is 0 Å². The first-order chi connectivity index (χ1) is 14.8. The van der Waals surface area contributed by atoms with Gasteiger partial charge in [-0.15, -0.1) is 0 Å². The molecule has 0 bridgehead atoms. The zero-order valence-electron chi connectivity index (χ0n) is 17.5. The first kappa shape index (κ1) is 23.0. The highest BCUT2D eigenvalue weighted by Crippen LogP contribution is 2.36. The van der Waals surface area contributed by atoms with Crippen molar-refractivity contribution in [3.63, 3.8) is 0 Å². The highest BCUT2D eigenvalue weighted by atomic mass is 19.4. The Balaban J connectivity index is 1.98. The number of hydrogen-bond donors (Lipinski definition) is 0. The minimum atomic E-state index is -4.54. The van der Waals surface area contributed by atoms with Gasteiger partial charge in [0.15, 0.2) is 0 Å². The molecule has 0 fully saturated rings. The van der Waals surface area contributed by atoms with E-state index in [2.05, 4.69) is 5.10 Å². The molecule has 0 N–H and O–H groups in total. The number of allylic oxidation sites excluding steroid dienone is 6. The van der Waals surface area contributed by atoms with E-state index in [-0.39, 0.29) is 29.3 Å². The maximum Gasteiger partial charge on any atom is 0.416 e. The summed E-state index contributed by atoms with van der Waals surface area (Å²) in [6.07, 6.45) is 0.739. The molecule has 0 aliphatic carbocycles. The second-order valence-electron chi connectivity index (χ2n) is 7.56. The third kappa shape index (κ3) is 5.32. The Morgan fingerprint density at radius 2 is 1.94 bits per heavy atom. The molecule has 1 aromatic heterocycles. The van der Waals surface area contributed by atoms with Crippen LogP contribution in [0.4, 0.5) is 22.0 Å². The largest absolute Gasteiger partial charge is 0.416 e. The highest BCUT2D eigenvalue weighted by Gasteiger charge is 2.33. The minimum absolute atomic E-state index is 0.112. The van der Waals surface area contributed by atoms with Crippen LogP contribution in [0.3, 0.4) is 0 Å². The molecular weight excluding hydrogens is 411 g/mol. The summed E-state index contributed by atoms with van der Waals surface area (Å²) in [6, 6.07) is 8.03. The Kier molecular flexibility index (Phi) is 7.13. The van der Waals surface area contributed by atoms with Crippen molar-refractivity contribution in [1.82, 2.24) is 9.78 Å². The molecule has 166 valence electrons.